The van der Waals surface area contributed by atoms with Gasteiger partial charge in [-0.25, -0.2) is 23.4 Å². The number of carbonyl (C=O) groups is 1. The van der Waals surface area contributed by atoms with Crippen molar-refractivity contribution in [3.63, 3.8) is 0 Å². The van der Waals surface area contributed by atoms with E-state index >= 15 is 0 Å². The first-order valence-corrected chi connectivity index (χ1v) is 11.9. The van der Waals surface area contributed by atoms with Crippen LogP contribution in [0.3, 0.4) is 0 Å². The van der Waals surface area contributed by atoms with Gasteiger partial charge in [-0.3, -0.25) is 4.79 Å². The number of likely N-dealkylation sites (N-methyl/N-ethyl adjacent to an activating group) is 1. The van der Waals surface area contributed by atoms with Gasteiger partial charge in [0, 0.05) is 25.7 Å². The largest absolute Gasteiger partial charge is 0.344 e. The molecule has 0 spiro atoms. The number of sulfone groups is 1. The normalized spacial score (nSPS) is 14.6. The van der Waals surface area contributed by atoms with Crippen LogP contribution < -0.4 is 4.90 Å². The van der Waals surface area contributed by atoms with Crippen LogP contribution in [0.2, 0.25) is 0 Å². The summed E-state index contributed by atoms with van der Waals surface area (Å²) in [5.74, 6) is 0.611. The van der Waals surface area contributed by atoms with Crippen molar-refractivity contribution in [2.75, 3.05) is 31.6 Å². The lowest BCUT2D eigenvalue weighted by atomic mass is 10.1. The van der Waals surface area contributed by atoms with Crippen LogP contribution in [0.15, 0.2) is 82.8 Å². The highest BCUT2D eigenvalue weighted by Gasteiger charge is 2.24. The molecule has 4 aromatic rings. The summed E-state index contributed by atoms with van der Waals surface area (Å²) in [6.45, 7) is 1.47. The van der Waals surface area contributed by atoms with Crippen LogP contribution in [0, 0.1) is 0 Å². The maximum Gasteiger partial charge on any atom is 0.241 e. The average molecular weight is 460 g/mol. The zero-order valence-electron chi connectivity index (χ0n) is 17.9. The lowest BCUT2D eigenvalue weighted by Crippen LogP contribution is -2.49. The Kier molecular flexibility index (Phi) is 5.26. The summed E-state index contributed by atoms with van der Waals surface area (Å²) in [6, 6.07) is 18.7. The Morgan fingerprint density at radius 2 is 1.67 bits per heavy atom. The summed E-state index contributed by atoms with van der Waals surface area (Å²) in [6.07, 6.45) is 1.47. The van der Waals surface area contributed by atoms with E-state index in [-0.39, 0.29) is 22.2 Å². The number of piperazine rings is 1. The quantitative estimate of drug-likeness (QED) is 0.463. The topological polar surface area (TPSA) is 96.4 Å². The molecular formula is C24H21N5O3S. The highest BCUT2D eigenvalue weighted by Crippen LogP contribution is 2.29. The molecule has 2 aromatic heterocycles. The van der Waals surface area contributed by atoms with E-state index in [4.69, 9.17) is 4.98 Å². The molecule has 9 heteroatoms. The second-order valence-electron chi connectivity index (χ2n) is 7.84. The predicted molar refractivity (Wildman–Crippen MR) is 125 cm³/mol. The van der Waals surface area contributed by atoms with E-state index in [1.807, 2.05) is 23.1 Å². The standard InChI is InChI=1S/C24H21N5O3S/c1-28-12-13-29(15-22(28)30)24-23-21(25-16-26-24)11-10-20(27-23)17-6-5-9-19(14-17)33(31,32)18-7-3-2-4-8-18/h2-11,14,16H,12-13,15H2,1H3. The van der Waals surface area contributed by atoms with Crippen molar-refractivity contribution in [3.8, 4) is 11.3 Å². The Labute approximate surface area is 191 Å². The number of benzene rings is 2. The van der Waals surface area contributed by atoms with Gasteiger partial charge in [-0.1, -0.05) is 30.3 Å². The number of hydrogen-bond acceptors (Lipinski definition) is 7. The highest BCUT2D eigenvalue weighted by molar-refractivity contribution is 7.91. The summed E-state index contributed by atoms with van der Waals surface area (Å²) in [5, 5.41) is 0. The SMILES string of the molecule is CN1CCN(c2ncnc3ccc(-c4cccc(S(=O)(=O)c5ccccc5)c4)nc23)CC1=O. The fourth-order valence-electron chi connectivity index (χ4n) is 3.82. The van der Waals surface area contributed by atoms with Gasteiger partial charge in [-0.2, -0.15) is 0 Å². The van der Waals surface area contributed by atoms with Gasteiger partial charge in [0.05, 0.1) is 27.5 Å². The van der Waals surface area contributed by atoms with Crippen molar-refractivity contribution in [1.29, 1.82) is 0 Å². The third-order valence-corrected chi connectivity index (χ3v) is 7.48. The molecule has 2 aromatic carbocycles. The van der Waals surface area contributed by atoms with E-state index in [0.29, 0.717) is 41.2 Å². The first-order valence-electron chi connectivity index (χ1n) is 10.4. The van der Waals surface area contributed by atoms with E-state index in [2.05, 4.69) is 9.97 Å². The zero-order valence-corrected chi connectivity index (χ0v) is 18.7. The van der Waals surface area contributed by atoms with Crippen molar-refractivity contribution < 1.29 is 13.2 Å². The van der Waals surface area contributed by atoms with E-state index in [0.717, 1.165) is 0 Å². The number of rotatable bonds is 4. The third-order valence-electron chi connectivity index (χ3n) is 5.71. The van der Waals surface area contributed by atoms with Gasteiger partial charge in [-0.05, 0) is 36.4 Å². The number of nitrogens with zero attached hydrogens (tertiary/aromatic N) is 5. The third kappa shape index (κ3) is 3.91. The number of fused-ring (bicyclic) bond motifs is 1. The Hall–Kier alpha value is -3.85. The number of carbonyl (C=O) groups excluding carboxylic acids is 1. The van der Waals surface area contributed by atoms with Crippen molar-refractivity contribution >= 4 is 32.6 Å². The van der Waals surface area contributed by atoms with E-state index in [1.165, 1.54) is 6.33 Å². The Bertz CT molecular complexity index is 1460. The van der Waals surface area contributed by atoms with Crippen LogP contribution in [0.5, 0.6) is 0 Å². The molecule has 0 aliphatic carbocycles. The molecule has 1 fully saturated rings. The molecule has 0 bridgehead atoms. The van der Waals surface area contributed by atoms with Crippen molar-refractivity contribution in [1.82, 2.24) is 19.9 Å². The first-order chi connectivity index (χ1) is 15.9. The van der Waals surface area contributed by atoms with Gasteiger partial charge < -0.3 is 9.80 Å². The molecule has 0 saturated carbocycles. The minimum Gasteiger partial charge on any atom is -0.344 e. The van der Waals surface area contributed by atoms with Crippen molar-refractivity contribution in [2.45, 2.75) is 9.79 Å². The minimum atomic E-state index is -3.65. The Morgan fingerprint density at radius 3 is 2.45 bits per heavy atom. The van der Waals surface area contributed by atoms with Crippen LogP contribution in [0.4, 0.5) is 5.82 Å². The molecule has 0 atom stereocenters. The molecule has 33 heavy (non-hydrogen) atoms. The number of amides is 1. The molecule has 0 unspecified atom stereocenters. The second kappa shape index (κ2) is 8.25. The summed E-state index contributed by atoms with van der Waals surface area (Å²) in [5.41, 5.74) is 2.49. The van der Waals surface area contributed by atoms with Gasteiger partial charge in [0.2, 0.25) is 15.7 Å². The Morgan fingerprint density at radius 1 is 0.879 bits per heavy atom. The molecular weight excluding hydrogens is 438 g/mol. The molecule has 8 nitrogen and oxygen atoms in total. The van der Waals surface area contributed by atoms with Gasteiger partial charge in [0.15, 0.2) is 5.82 Å². The molecule has 3 heterocycles. The smallest absolute Gasteiger partial charge is 0.241 e. The summed E-state index contributed by atoms with van der Waals surface area (Å²) in [4.78, 5) is 29.7. The average Bonchev–Trinajstić information content (AvgIpc) is 2.85. The van der Waals surface area contributed by atoms with E-state index in [1.54, 1.807) is 60.5 Å². The van der Waals surface area contributed by atoms with Crippen molar-refractivity contribution in [2.24, 2.45) is 0 Å². The number of pyridine rings is 1. The number of aromatic nitrogens is 3. The zero-order chi connectivity index (χ0) is 23.0. The van der Waals surface area contributed by atoms with Crippen LogP contribution in [0.1, 0.15) is 0 Å². The fraction of sp³-hybridized carbons (Fsp3) is 0.167. The monoisotopic (exact) mass is 459 g/mol. The maximum absolute atomic E-state index is 13.1. The Balaban J connectivity index is 1.56. The summed E-state index contributed by atoms with van der Waals surface area (Å²) < 4.78 is 26.1. The lowest BCUT2D eigenvalue weighted by Gasteiger charge is -2.32. The molecule has 1 aliphatic heterocycles. The van der Waals surface area contributed by atoms with Gasteiger partial charge in [-0.15, -0.1) is 0 Å². The molecule has 5 rings (SSSR count). The van der Waals surface area contributed by atoms with E-state index in [9.17, 15) is 13.2 Å². The summed E-state index contributed by atoms with van der Waals surface area (Å²) >= 11 is 0. The predicted octanol–water partition coefficient (Wildman–Crippen LogP) is 2.80. The number of hydrogen-bond donors (Lipinski definition) is 0. The van der Waals surface area contributed by atoms with Gasteiger partial charge in [0.1, 0.15) is 11.8 Å². The van der Waals surface area contributed by atoms with Gasteiger partial charge >= 0.3 is 0 Å². The van der Waals surface area contributed by atoms with Crippen molar-refractivity contribution in [3.05, 3.63) is 73.1 Å². The summed E-state index contributed by atoms with van der Waals surface area (Å²) in [7, 11) is -1.87. The molecule has 166 valence electrons. The highest BCUT2D eigenvalue weighted by atomic mass is 32.2. The van der Waals surface area contributed by atoms with Crippen LogP contribution in [-0.2, 0) is 14.6 Å². The van der Waals surface area contributed by atoms with Crippen LogP contribution >= 0.6 is 0 Å². The first kappa shape index (κ1) is 21.0. The molecule has 1 amide bonds. The van der Waals surface area contributed by atoms with Gasteiger partial charge in [0.25, 0.3) is 0 Å². The van der Waals surface area contributed by atoms with Crippen LogP contribution in [-0.4, -0.2) is 60.9 Å². The van der Waals surface area contributed by atoms with Crippen LogP contribution in [0.25, 0.3) is 22.3 Å². The molecule has 1 saturated heterocycles. The molecule has 0 radical (unpaired) electrons. The van der Waals surface area contributed by atoms with E-state index < -0.39 is 9.84 Å². The molecule has 0 N–H and O–H groups in total. The fourth-order valence-corrected chi connectivity index (χ4v) is 5.14. The number of anilines is 1. The lowest BCUT2D eigenvalue weighted by molar-refractivity contribution is -0.129. The molecule has 1 aliphatic rings. The second-order valence-corrected chi connectivity index (χ2v) is 9.79. The minimum absolute atomic E-state index is 0.0167. The maximum atomic E-state index is 13.1.